The Kier molecular flexibility index (Phi) is 14.1. The van der Waals surface area contributed by atoms with E-state index in [2.05, 4.69) is 27.8 Å². The fourth-order valence-electron chi connectivity index (χ4n) is 8.17. The first-order valence-electron chi connectivity index (χ1n) is 20.0. The molecule has 0 bridgehead atoms. The zero-order valence-electron chi connectivity index (χ0n) is 31.0. The van der Waals surface area contributed by atoms with E-state index in [0.717, 1.165) is 51.4 Å². The van der Waals surface area contributed by atoms with Crippen molar-refractivity contribution in [2.45, 2.75) is 139 Å². The number of amides is 3. The van der Waals surface area contributed by atoms with Crippen LogP contribution in [0.2, 0.25) is 0 Å². The number of benzene rings is 1. The summed E-state index contributed by atoms with van der Waals surface area (Å²) in [5.41, 5.74) is 8.02. The van der Waals surface area contributed by atoms with Crippen LogP contribution in [0.4, 0.5) is 4.79 Å². The molecule has 0 unspecified atom stereocenters. The molecule has 2 saturated carbocycles. The van der Waals surface area contributed by atoms with Crippen LogP contribution in [-0.2, 0) is 19.1 Å². The molecule has 12 heteroatoms. The third kappa shape index (κ3) is 10.8. The predicted octanol–water partition coefficient (Wildman–Crippen LogP) is 6.28. The van der Waals surface area contributed by atoms with Crippen molar-refractivity contribution in [3.8, 4) is 0 Å². The number of hydrogen-bond acceptors (Lipinski definition) is 9. The molecule has 3 fully saturated rings. The van der Waals surface area contributed by atoms with Crippen molar-refractivity contribution in [3.63, 3.8) is 0 Å². The molecule has 0 spiro atoms. The summed E-state index contributed by atoms with van der Waals surface area (Å²) in [5.74, 6) is -0.851. The van der Waals surface area contributed by atoms with Gasteiger partial charge in [-0.15, -0.1) is 0 Å². The molecule has 1 aliphatic heterocycles. The average molecular weight is 732 g/mol. The number of aromatic nitrogens is 1. The van der Waals surface area contributed by atoms with Gasteiger partial charge in [-0.3, -0.25) is 14.4 Å². The molecule has 0 radical (unpaired) electrons. The van der Waals surface area contributed by atoms with Gasteiger partial charge in [-0.05, 0) is 108 Å². The number of carbonyl (C=O) groups excluding carboxylic acids is 4. The third-order valence-corrected chi connectivity index (χ3v) is 11.2. The summed E-state index contributed by atoms with van der Waals surface area (Å²) in [6.07, 6.45) is 19.3. The quantitative estimate of drug-likeness (QED) is 0.125. The Hall–Kier alpha value is -4.03. The number of unbranched alkanes of at least 4 members (excludes halogenated alkanes) is 1. The van der Waals surface area contributed by atoms with E-state index in [0.29, 0.717) is 62.3 Å². The summed E-state index contributed by atoms with van der Waals surface area (Å²) in [6, 6.07) is 4.40. The lowest BCUT2D eigenvalue weighted by Gasteiger charge is -2.30. The molecule has 4 atom stereocenters. The van der Waals surface area contributed by atoms with Crippen molar-refractivity contribution in [2.75, 3.05) is 19.7 Å². The Labute approximate surface area is 312 Å². The zero-order valence-corrected chi connectivity index (χ0v) is 31.0. The third-order valence-electron chi connectivity index (χ3n) is 11.2. The van der Waals surface area contributed by atoms with E-state index >= 15 is 0 Å². The van der Waals surface area contributed by atoms with Gasteiger partial charge in [0.15, 0.2) is 5.58 Å². The average Bonchev–Trinajstić information content (AvgIpc) is 3.96. The summed E-state index contributed by atoms with van der Waals surface area (Å²) < 4.78 is 18.0. The Morgan fingerprint density at radius 2 is 1.74 bits per heavy atom. The molecule has 12 nitrogen and oxygen atoms in total. The highest BCUT2D eigenvalue weighted by Crippen LogP contribution is 2.29. The number of rotatable bonds is 17. The smallest absolute Gasteiger partial charge is 0.408 e. The zero-order chi connectivity index (χ0) is 37.0. The van der Waals surface area contributed by atoms with Gasteiger partial charge < -0.3 is 35.2 Å². The van der Waals surface area contributed by atoms with Gasteiger partial charge in [0.05, 0.1) is 12.1 Å². The summed E-state index contributed by atoms with van der Waals surface area (Å²) in [7, 11) is 0. The molecule has 288 valence electrons. The highest BCUT2D eigenvalue weighted by molar-refractivity contribution is 6.01. The monoisotopic (exact) mass is 731 g/mol. The van der Waals surface area contributed by atoms with Crippen LogP contribution in [0.3, 0.4) is 0 Å². The van der Waals surface area contributed by atoms with Crippen LogP contribution < -0.4 is 16.4 Å². The summed E-state index contributed by atoms with van der Waals surface area (Å²) in [4.78, 5) is 61.9. The number of nitrogens with two attached hydrogens (primary N) is 1. The standard InChI is InChI=1S/C41H57N5O7/c42-24-12-11-20-33(37(47)39-44-32-19-9-10-21-36(32)53-39)43-38(48)35-25-31(51-27-29-15-5-2-6-16-29)26-46(35)40(49)34(23-22-28-13-3-1-4-14-28)45-41(50)52-30-17-7-8-18-30/h1,3,9-10,13,19,21,29-31,33-35H,2,4-8,11-12,14-18,20,22-27,42H2,(H,43,48)(H,45,50)/t31-,33+,34-,35+/m1/s1. The van der Waals surface area contributed by atoms with Gasteiger partial charge >= 0.3 is 6.09 Å². The number of allylic oxidation sites excluding steroid dienone is 4. The fraction of sp³-hybridized carbons (Fsp3) is 0.634. The van der Waals surface area contributed by atoms with Gasteiger partial charge in [0.25, 0.3) is 5.89 Å². The second kappa shape index (κ2) is 19.3. The van der Waals surface area contributed by atoms with Crippen LogP contribution in [0.25, 0.3) is 11.1 Å². The maximum atomic E-state index is 14.6. The first-order valence-corrected chi connectivity index (χ1v) is 20.0. The van der Waals surface area contributed by atoms with E-state index < -0.39 is 35.9 Å². The molecule has 1 aromatic carbocycles. The molecule has 4 N–H and O–H groups in total. The fourth-order valence-corrected chi connectivity index (χ4v) is 8.17. The van der Waals surface area contributed by atoms with Crippen molar-refractivity contribution in [1.82, 2.24) is 20.5 Å². The molecule has 53 heavy (non-hydrogen) atoms. The lowest BCUT2D eigenvalue weighted by Crippen LogP contribution is -2.55. The number of hydrogen-bond donors (Lipinski definition) is 3. The predicted molar refractivity (Wildman–Crippen MR) is 201 cm³/mol. The van der Waals surface area contributed by atoms with Crippen LogP contribution in [0.5, 0.6) is 0 Å². The van der Waals surface area contributed by atoms with Gasteiger partial charge in [0.2, 0.25) is 17.6 Å². The second-order valence-electron chi connectivity index (χ2n) is 15.2. The largest absolute Gasteiger partial charge is 0.446 e. The highest BCUT2D eigenvalue weighted by Gasteiger charge is 2.44. The van der Waals surface area contributed by atoms with Gasteiger partial charge in [-0.1, -0.05) is 55.2 Å². The molecule has 1 aromatic heterocycles. The summed E-state index contributed by atoms with van der Waals surface area (Å²) in [5, 5.41) is 5.86. The first kappa shape index (κ1) is 38.7. The summed E-state index contributed by atoms with van der Waals surface area (Å²) >= 11 is 0. The minimum Gasteiger partial charge on any atom is -0.446 e. The molecule has 3 amide bonds. The van der Waals surface area contributed by atoms with E-state index in [-0.39, 0.29) is 37.0 Å². The number of carbonyl (C=O) groups is 4. The minimum absolute atomic E-state index is 0.0748. The number of fused-ring (bicyclic) bond motifs is 1. The van der Waals surface area contributed by atoms with Crippen molar-refractivity contribution in [3.05, 3.63) is 54.0 Å². The number of alkyl carbamates (subject to hydrolysis) is 1. The molecule has 2 aromatic rings. The van der Waals surface area contributed by atoms with E-state index in [9.17, 15) is 19.2 Å². The van der Waals surface area contributed by atoms with E-state index in [4.69, 9.17) is 19.6 Å². The number of oxazole rings is 1. The first-order chi connectivity index (χ1) is 25.9. The molecule has 6 rings (SSSR count). The minimum atomic E-state index is -0.928. The second-order valence-corrected chi connectivity index (χ2v) is 15.2. The number of nitrogens with one attached hydrogen (secondary N) is 2. The van der Waals surface area contributed by atoms with E-state index in [1.807, 2.05) is 12.1 Å². The van der Waals surface area contributed by atoms with Crippen LogP contribution in [-0.4, -0.2) is 83.6 Å². The number of Topliss-reactive ketones (excluding diaryl/α,β-unsaturated/α-hetero) is 1. The molecule has 4 aliphatic rings. The maximum Gasteiger partial charge on any atom is 0.408 e. The SMILES string of the molecule is NCCCC[C@H](NC(=O)[C@@H]1C[C@@H](OCC2CCCCC2)CN1C(=O)[C@@H](CCC1=CC=CCC1)NC(=O)OC1CCCC1)C(=O)c1nc2ccccc2o1. The number of nitrogens with zero attached hydrogens (tertiary/aromatic N) is 2. The number of para-hydroxylation sites is 2. The van der Waals surface area contributed by atoms with Crippen LogP contribution in [0.15, 0.2) is 52.5 Å². The van der Waals surface area contributed by atoms with Gasteiger partial charge in [0.1, 0.15) is 23.7 Å². The van der Waals surface area contributed by atoms with E-state index in [1.54, 1.807) is 23.1 Å². The lowest BCUT2D eigenvalue weighted by molar-refractivity contribution is -0.140. The number of ketones is 1. The van der Waals surface area contributed by atoms with Gasteiger partial charge in [-0.2, -0.15) is 0 Å². The Morgan fingerprint density at radius 3 is 2.49 bits per heavy atom. The lowest BCUT2D eigenvalue weighted by atomic mass is 9.90. The van der Waals surface area contributed by atoms with E-state index in [1.165, 1.54) is 24.8 Å². The Bertz CT molecular complexity index is 1580. The maximum absolute atomic E-state index is 14.6. The van der Waals surface area contributed by atoms with Gasteiger partial charge in [-0.25, -0.2) is 9.78 Å². The van der Waals surface area contributed by atoms with Crippen molar-refractivity contribution in [1.29, 1.82) is 0 Å². The molecular formula is C41H57N5O7. The topological polar surface area (TPSA) is 166 Å². The normalized spacial score (nSPS) is 22.1. The van der Waals surface area contributed by atoms with Crippen LogP contribution in [0, 0.1) is 5.92 Å². The Balaban J connectivity index is 1.21. The number of likely N-dealkylation sites (tertiary alicyclic amines) is 1. The van der Waals surface area contributed by atoms with Crippen molar-refractivity contribution < 1.29 is 33.1 Å². The molecule has 3 aliphatic carbocycles. The van der Waals surface area contributed by atoms with Crippen molar-refractivity contribution >= 4 is 34.8 Å². The Morgan fingerprint density at radius 1 is 0.943 bits per heavy atom. The highest BCUT2D eigenvalue weighted by atomic mass is 16.6. The van der Waals surface area contributed by atoms with Crippen molar-refractivity contribution in [2.24, 2.45) is 11.7 Å². The number of ether oxygens (including phenoxy) is 2. The van der Waals surface area contributed by atoms with Gasteiger partial charge in [0, 0.05) is 19.6 Å². The van der Waals surface area contributed by atoms with Crippen LogP contribution in [0.1, 0.15) is 120 Å². The summed E-state index contributed by atoms with van der Waals surface area (Å²) in [6.45, 7) is 1.24. The molecular weight excluding hydrogens is 674 g/mol. The molecule has 1 saturated heterocycles. The molecule has 2 heterocycles. The van der Waals surface area contributed by atoms with Crippen LogP contribution >= 0.6 is 0 Å².